The Kier molecular flexibility index (Phi) is 3.78. The highest BCUT2D eigenvalue weighted by Crippen LogP contribution is 2.20. The zero-order valence-corrected chi connectivity index (χ0v) is 10.1. The van der Waals surface area contributed by atoms with E-state index in [1.807, 2.05) is 17.8 Å². The Morgan fingerprint density at radius 2 is 2.53 bits per heavy atom. The van der Waals surface area contributed by atoms with Crippen LogP contribution in [0.5, 0.6) is 0 Å². The average molecular weight is 237 g/mol. The summed E-state index contributed by atoms with van der Waals surface area (Å²) in [5, 5.41) is 16.5. The third-order valence-corrected chi connectivity index (χ3v) is 3.37. The molecule has 1 atom stereocenters. The van der Waals surface area contributed by atoms with Crippen LogP contribution in [-0.4, -0.2) is 33.9 Å². The van der Waals surface area contributed by atoms with Crippen LogP contribution in [-0.2, 0) is 11.2 Å². The normalized spacial score (nSPS) is 20.4. The van der Waals surface area contributed by atoms with Gasteiger partial charge in [0, 0.05) is 18.7 Å². The maximum absolute atomic E-state index is 10.6. The van der Waals surface area contributed by atoms with Crippen molar-refractivity contribution in [3.05, 3.63) is 17.5 Å². The first kappa shape index (κ1) is 12.1. The molecule has 0 saturated carbocycles. The Hall–Kier alpha value is -1.36. The average Bonchev–Trinajstić information content (AvgIpc) is 2.69. The van der Waals surface area contributed by atoms with Gasteiger partial charge in [-0.05, 0) is 38.3 Å². The minimum Gasteiger partial charge on any atom is -0.481 e. The highest BCUT2D eigenvalue weighted by molar-refractivity contribution is 5.67. The highest BCUT2D eigenvalue weighted by atomic mass is 16.4. The summed E-state index contributed by atoms with van der Waals surface area (Å²) in [6.07, 6.45) is 4.88. The van der Waals surface area contributed by atoms with Crippen LogP contribution in [0.3, 0.4) is 0 Å². The van der Waals surface area contributed by atoms with Crippen LogP contribution in [0.1, 0.15) is 36.6 Å². The molecule has 1 aliphatic heterocycles. The number of piperidine rings is 1. The number of hydrogen-bond donors (Lipinski definition) is 2. The second-order valence-electron chi connectivity index (χ2n) is 4.59. The molecule has 1 aliphatic rings. The molecule has 1 unspecified atom stereocenters. The number of carboxylic acids is 1. The van der Waals surface area contributed by atoms with E-state index in [1.54, 1.807) is 0 Å². The third kappa shape index (κ3) is 2.85. The van der Waals surface area contributed by atoms with Crippen LogP contribution in [0.25, 0.3) is 0 Å². The molecular formula is C12H19N3O2. The fourth-order valence-electron chi connectivity index (χ4n) is 2.36. The summed E-state index contributed by atoms with van der Waals surface area (Å²) < 4.78 is 2.04. The number of rotatable bonds is 4. The number of carboxylic acid groups (broad SMARTS) is 1. The molecule has 2 N–H and O–H groups in total. The minimum absolute atomic E-state index is 0.176. The van der Waals surface area contributed by atoms with E-state index in [0.717, 1.165) is 30.8 Å². The van der Waals surface area contributed by atoms with Gasteiger partial charge in [-0.2, -0.15) is 5.10 Å². The quantitative estimate of drug-likeness (QED) is 0.824. The van der Waals surface area contributed by atoms with E-state index in [2.05, 4.69) is 10.4 Å². The van der Waals surface area contributed by atoms with Crippen LogP contribution in [0.2, 0.25) is 0 Å². The molecule has 0 amide bonds. The molecule has 17 heavy (non-hydrogen) atoms. The Morgan fingerprint density at radius 3 is 3.18 bits per heavy atom. The van der Waals surface area contributed by atoms with Crippen LogP contribution in [0.4, 0.5) is 0 Å². The molecule has 0 spiro atoms. The first-order valence-corrected chi connectivity index (χ1v) is 6.14. The van der Waals surface area contributed by atoms with Gasteiger partial charge in [0.15, 0.2) is 0 Å². The summed E-state index contributed by atoms with van der Waals surface area (Å²) in [6.45, 7) is 4.07. The Labute approximate surface area is 101 Å². The lowest BCUT2D eigenvalue weighted by Crippen LogP contribution is -2.32. The van der Waals surface area contributed by atoms with Crippen LogP contribution < -0.4 is 5.32 Å². The molecule has 0 radical (unpaired) electrons. The first-order chi connectivity index (χ1) is 8.18. The zero-order valence-electron chi connectivity index (χ0n) is 10.1. The van der Waals surface area contributed by atoms with Gasteiger partial charge in [0.1, 0.15) is 0 Å². The molecule has 2 heterocycles. The number of aryl methyl sites for hydroxylation is 1. The summed E-state index contributed by atoms with van der Waals surface area (Å²) in [4.78, 5) is 10.6. The highest BCUT2D eigenvalue weighted by Gasteiger charge is 2.18. The minimum atomic E-state index is -0.753. The van der Waals surface area contributed by atoms with Gasteiger partial charge in [-0.15, -0.1) is 0 Å². The molecule has 0 bridgehead atoms. The first-order valence-electron chi connectivity index (χ1n) is 6.14. The van der Waals surface area contributed by atoms with Crippen molar-refractivity contribution in [2.45, 2.75) is 38.6 Å². The summed E-state index contributed by atoms with van der Waals surface area (Å²) >= 11 is 0. The summed E-state index contributed by atoms with van der Waals surface area (Å²) in [6, 6.07) is 0.419. The van der Waals surface area contributed by atoms with Crippen molar-refractivity contribution in [1.82, 2.24) is 15.1 Å². The Morgan fingerprint density at radius 1 is 1.71 bits per heavy atom. The number of aliphatic carboxylic acids is 1. The predicted octanol–water partition coefficient (Wildman–Crippen LogP) is 1.13. The Balaban J connectivity index is 2.05. The number of carbonyl (C=O) groups is 1. The van der Waals surface area contributed by atoms with Crippen molar-refractivity contribution >= 4 is 5.97 Å². The fourth-order valence-corrected chi connectivity index (χ4v) is 2.36. The van der Waals surface area contributed by atoms with Gasteiger partial charge in [-0.3, -0.25) is 9.48 Å². The molecule has 5 heteroatoms. The van der Waals surface area contributed by atoms with Gasteiger partial charge >= 0.3 is 5.97 Å². The molecule has 5 nitrogen and oxygen atoms in total. The molecular weight excluding hydrogens is 218 g/mol. The van der Waals surface area contributed by atoms with Crippen molar-refractivity contribution in [3.63, 3.8) is 0 Å². The van der Waals surface area contributed by atoms with Crippen molar-refractivity contribution < 1.29 is 9.90 Å². The maximum atomic E-state index is 10.6. The smallest absolute Gasteiger partial charge is 0.303 e. The summed E-state index contributed by atoms with van der Waals surface area (Å²) in [5.41, 5.74) is 2.16. The van der Waals surface area contributed by atoms with E-state index in [4.69, 9.17) is 5.11 Å². The van der Waals surface area contributed by atoms with E-state index < -0.39 is 5.97 Å². The molecule has 1 saturated heterocycles. The van der Waals surface area contributed by atoms with E-state index in [9.17, 15) is 4.79 Å². The SMILES string of the molecule is Cc1c(CCC(=O)O)cnn1C1CCCNC1. The third-order valence-electron chi connectivity index (χ3n) is 3.37. The van der Waals surface area contributed by atoms with Gasteiger partial charge in [-0.25, -0.2) is 0 Å². The van der Waals surface area contributed by atoms with Gasteiger partial charge in [0.2, 0.25) is 0 Å². The van der Waals surface area contributed by atoms with Crippen LogP contribution in [0.15, 0.2) is 6.20 Å². The molecule has 1 aromatic heterocycles. The Bertz CT molecular complexity index is 394. The topological polar surface area (TPSA) is 67.1 Å². The largest absolute Gasteiger partial charge is 0.481 e. The van der Waals surface area contributed by atoms with Gasteiger partial charge in [-0.1, -0.05) is 0 Å². The second kappa shape index (κ2) is 5.31. The molecule has 1 aromatic rings. The number of nitrogens with one attached hydrogen (secondary N) is 1. The molecule has 0 aromatic carbocycles. The van der Waals surface area contributed by atoms with E-state index in [0.29, 0.717) is 12.5 Å². The van der Waals surface area contributed by atoms with Crippen LogP contribution >= 0.6 is 0 Å². The van der Waals surface area contributed by atoms with Crippen LogP contribution in [0, 0.1) is 6.92 Å². The summed E-state index contributed by atoms with van der Waals surface area (Å²) in [5.74, 6) is -0.753. The predicted molar refractivity (Wildman–Crippen MR) is 64.1 cm³/mol. The monoisotopic (exact) mass is 237 g/mol. The second-order valence-corrected chi connectivity index (χ2v) is 4.59. The van der Waals surface area contributed by atoms with Crippen molar-refractivity contribution in [3.8, 4) is 0 Å². The van der Waals surface area contributed by atoms with Crippen molar-refractivity contribution in [1.29, 1.82) is 0 Å². The van der Waals surface area contributed by atoms with E-state index in [1.165, 1.54) is 6.42 Å². The van der Waals surface area contributed by atoms with E-state index >= 15 is 0 Å². The van der Waals surface area contributed by atoms with Crippen molar-refractivity contribution in [2.75, 3.05) is 13.1 Å². The maximum Gasteiger partial charge on any atom is 0.303 e. The lowest BCUT2D eigenvalue weighted by atomic mass is 10.1. The lowest BCUT2D eigenvalue weighted by Gasteiger charge is -2.24. The standard InChI is InChI=1S/C12H19N3O2/c1-9-10(4-5-12(16)17)7-14-15(9)11-3-2-6-13-8-11/h7,11,13H,2-6,8H2,1H3,(H,16,17). The molecule has 0 aliphatic carbocycles. The number of hydrogen-bond acceptors (Lipinski definition) is 3. The summed E-state index contributed by atoms with van der Waals surface area (Å²) in [7, 11) is 0. The number of nitrogens with zero attached hydrogens (tertiary/aromatic N) is 2. The molecule has 94 valence electrons. The molecule has 2 rings (SSSR count). The van der Waals surface area contributed by atoms with Gasteiger partial charge < -0.3 is 10.4 Å². The van der Waals surface area contributed by atoms with Gasteiger partial charge in [0.05, 0.1) is 12.2 Å². The van der Waals surface area contributed by atoms with Gasteiger partial charge in [0.25, 0.3) is 0 Å². The number of aromatic nitrogens is 2. The fraction of sp³-hybridized carbons (Fsp3) is 0.667. The van der Waals surface area contributed by atoms with Crippen molar-refractivity contribution in [2.24, 2.45) is 0 Å². The molecule has 1 fully saturated rings. The lowest BCUT2D eigenvalue weighted by molar-refractivity contribution is -0.136. The van der Waals surface area contributed by atoms with E-state index in [-0.39, 0.29) is 6.42 Å². The zero-order chi connectivity index (χ0) is 12.3.